The molecular weight excluding hydrogens is 434 g/mol. The maximum Gasteiger partial charge on any atom is 0.356 e. The second kappa shape index (κ2) is 9.27. The monoisotopic (exact) mass is 459 g/mol. The van der Waals surface area contributed by atoms with Crippen LogP contribution in [0.1, 0.15) is 51.8 Å². The van der Waals surface area contributed by atoms with Crippen LogP contribution in [0.5, 0.6) is 5.75 Å². The average Bonchev–Trinajstić information content (AvgIpc) is 3.45. The number of aromatic nitrogens is 2. The summed E-state index contributed by atoms with van der Waals surface area (Å²) in [7, 11) is 1.48. The first-order valence-corrected chi connectivity index (χ1v) is 10.7. The molecule has 0 spiro atoms. The number of ether oxygens (including phenoxy) is 1. The number of carbonyl (C=O) groups is 2. The molecule has 0 unspecified atom stereocenters. The molecule has 4 rings (SSSR count). The lowest BCUT2D eigenvalue weighted by Gasteiger charge is -2.26. The lowest BCUT2D eigenvalue weighted by molar-refractivity contribution is 0.0686. The van der Waals surface area contributed by atoms with Crippen molar-refractivity contribution in [3.63, 3.8) is 0 Å². The van der Waals surface area contributed by atoms with Crippen LogP contribution in [-0.4, -0.2) is 26.8 Å². The quantitative estimate of drug-likeness (QED) is 0.389. The third-order valence-corrected chi connectivity index (χ3v) is 5.73. The number of aryl methyl sites for hydroxylation is 1. The van der Waals surface area contributed by atoms with Gasteiger partial charge in [0.25, 0.3) is 5.91 Å². The van der Waals surface area contributed by atoms with Crippen LogP contribution >= 0.6 is 0 Å². The third-order valence-electron chi connectivity index (χ3n) is 5.73. The molecule has 2 aromatic heterocycles. The van der Waals surface area contributed by atoms with Gasteiger partial charge in [-0.3, -0.25) is 9.48 Å². The predicted octanol–water partition coefficient (Wildman–Crippen LogP) is 4.87. The Bertz CT molecular complexity index is 1300. The molecule has 0 fully saturated rings. The van der Waals surface area contributed by atoms with Gasteiger partial charge >= 0.3 is 5.97 Å². The van der Waals surface area contributed by atoms with E-state index in [9.17, 15) is 14.7 Å². The molecule has 8 heteroatoms. The second-order valence-electron chi connectivity index (χ2n) is 8.36. The first-order valence-electron chi connectivity index (χ1n) is 10.7. The summed E-state index contributed by atoms with van der Waals surface area (Å²) in [6.07, 6.45) is 1.27. The van der Waals surface area contributed by atoms with Crippen LogP contribution in [0, 0.1) is 0 Å². The fraction of sp³-hybridized carbons (Fsp3) is 0.192. The number of benzene rings is 2. The number of rotatable bonds is 8. The lowest BCUT2D eigenvalue weighted by atomic mass is 9.78. The molecule has 0 saturated heterocycles. The van der Waals surface area contributed by atoms with Gasteiger partial charge in [-0.25, -0.2) is 4.79 Å². The van der Waals surface area contributed by atoms with Gasteiger partial charge in [0.15, 0.2) is 11.5 Å². The summed E-state index contributed by atoms with van der Waals surface area (Å²) in [5.74, 6) is -0.588. The Morgan fingerprint density at radius 3 is 2.38 bits per heavy atom. The number of anilines is 1. The van der Waals surface area contributed by atoms with Crippen LogP contribution in [0.3, 0.4) is 0 Å². The number of hydrogen-bond donors (Lipinski definition) is 2. The molecule has 2 heterocycles. The SMILES string of the molecule is Cn1ncc(NC(=O)c2ccc(COc3ccc(C(C)(C)c4ccccc4)cc3)o2)c1C(=O)O. The summed E-state index contributed by atoms with van der Waals surface area (Å²) in [6.45, 7) is 4.50. The van der Waals surface area contributed by atoms with Crippen LogP contribution in [0.25, 0.3) is 0 Å². The van der Waals surface area contributed by atoms with E-state index in [2.05, 4.69) is 36.4 Å². The molecule has 4 aromatic rings. The van der Waals surface area contributed by atoms with Crippen LogP contribution < -0.4 is 10.1 Å². The molecule has 2 aromatic carbocycles. The molecule has 34 heavy (non-hydrogen) atoms. The largest absolute Gasteiger partial charge is 0.486 e. The average molecular weight is 460 g/mol. The van der Waals surface area contributed by atoms with Crippen LogP contribution in [0.15, 0.2) is 77.3 Å². The maximum absolute atomic E-state index is 12.5. The molecule has 0 aliphatic carbocycles. The lowest BCUT2D eigenvalue weighted by Crippen LogP contribution is -2.18. The van der Waals surface area contributed by atoms with Crippen molar-refractivity contribution >= 4 is 17.6 Å². The third kappa shape index (κ3) is 4.71. The van der Waals surface area contributed by atoms with Gasteiger partial charge in [0.1, 0.15) is 18.1 Å². The molecular formula is C26H25N3O5. The molecule has 8 nitrogen and oxygen atoms in total. The highest BCUT2D eigenvalue weighted by Gasteiger charge is 2.23. The van der Waals surface area contributed by atoms with Gasteiger partial charge < -0.3 is 19.6 Å². The standard InChI is InChI=1S/C26H25N3O5/c1-26(2,17-7-5-4-6-8-17)18-9-11-19(12-10-18)33-16-20-13-14-22(34-20)24(30)28-21-15-27-29(3)23(21)25(31)32/h4-15H,16H2,1-3H3,(H,28,30)(H,31,32). The zero-order valence-electron chi connectivity index (χ0n) is 19.1. The molecule has 0 saturated carbocycles. The van der Waals surface area contributed by atoms with E-state index in [1.54, 1.807) is 6.07 Å². The smallest absolute Gasteiger partial charge is 0.356 e. The van der Waals surface area contributed by atoms with Gasteiger partial charge in [-0.05, 0) is 35.4 Å². The molecule has 174 valence electrons. The molecule has 0 aliphatic heterocycles. The van der Waals surface area contributed by atoms with Crippen molar-refractivity contribution in [1.82, 2.24) is 9.78 Å². The van der Waals surface area contributed by atoms with E-state index in [4.69, 9.17) is 9.15 Å². The highest BCUT2D eigenvalue weighted by atomic mass is 16.5. The van der Waals surface area contributed by atoms with Crippen molar-refractivity contribution in [2.75, 3.05) is 5.32 Å². The number of carboxylic acids is 1. The van der Waals surface area contributed by atoms with E-state index in [1.165, 1.54) is 35.1 Å². The number of carboxylic acid groups (broad SMARTS) is 1. The van der Waals surface area contributed by atoms with Gasteiger partial charge in [-0.1, -0.05) is 56.3 Å². The van der Waals surface area contributed by atoms with Crippen LogP contribution in [0.2, 0.25) is 0 Å². The van der Waals surface area contributed by atoms with Crippen LogP contribution in [-0.2, 0) is 19.1 Å². The summed E-state index contributed by atoms with van der Waals surface area (Å²) < 4.78 is 12.6. The number of nitrogens with one attached hydrogen (secondary N) is 1. The summed E-state index contributed by atoms with van der Waals surface area (Å²) in [5.41, 5.74) is 2.22. The number of hydrogen-bond acceptors (Lipinski definition) is 5. The summed E-state index contributed by atoms with van der Waals surface area (Å²) in [4.78, 5) is 23.8. The minimum atomic E-state index is -1.19. The minimum Gasteiger partial charge on any atom is -0.486 e. The van der Waals surface area contributed by atoms with Gasteiger partial charge in [-0.15, -0.1) is 0 Å². The van der Waals surface area contributed by atoms with Crippen molar-refractivity contribution in [1.29, 1.82) is 0 Å². The van der Waals surface area contributed by atoms with Gasteiger partial charge in [0, 0.05) is 12.5 Å². The van der Waals surface area contributed by atoms with Gasteiger partial charge in [-0.2, -0.15) is 5.10 Å². The number of furan rings is 1. The van der Waals surface area contributed by atoms with Crippen molar-refractivity contribution in [3.05, 3.63) is 101 Å². The first-order chi connectivity index (χ1) is 16.3. The molecule has 0 atom stereocenters. The van der Waals surface area contributed by atoms with Crippen molar-refractivity contribution in [3.8, 4) is 5.75 Å². The number of nitrogens with zero attached hydrogens (tertiary/aromatic N) is 2. The highest BCUT2D eigenvalue weighted by Crippen LogP contribution is 2.32. The maximum atomic E-state index is 12.5. The Morgan fingerprint density at radius 1 is 1.03 bits per heavy atom. The van der Waals surface area contributed by atoms with Gasteiger partial charge in [0.2, 0.25) is 0 Å². The molecule has 1 amide bonds. The second-order valence-corrected chi connectivity index (χ2v) is 8.36. The van der Waals surface area contributed by atoms with Crippen molar-refractivity contribution in [2.24, 2.45) is 7.05 Å². The van der Waals surface area contributed by atoms with Crippen molar-refractivity contribution in [2.45, 2.75) is 25.9 Å². The molecule has 0 bridgehead atoms. The zero-order chi connectivity index (χ0) is 24.3. The first kappa shape index (κ1) is 22.8. The zero-order valence-corrected chi connectivity index (χ0v) is 19.1. The fourth-order valence-electron chi connectivity index (χ4n) is 3.69. The minimum absolute atomic E-state index is 0.0405. The Kier molecular flexibility index (Phi) is 6.23. The normalized spacial score (nSPS) is 11.3. The Hall–Kier alpha value is -4.33. The van der Waals surface area contributed by atoms with E-state index in [1.807, 2.05) is 42.5 Å². The van der Waals surface area contributed by atoms with Crippen LogP contribution in [0.4, 0.5) is 5.69 Å². The van der Waals surface area contributed by atoms with E-state index in [0.717, 1.165) is 0 Å². The van der Waals surface area contributed by atoms with E-state index in [-0.39, 0.29) is 29.2 Å². The molecule has 0 aliphatic rings. The summed E-state index contributed by atoms with van der Waals surface area (Å²) in [6, 6.07) is 21.4. The topological polar surface area (TPSA) is 107 Å². The highest BCUT2D eigenvalue weighted by molar-refractivity contribution is 6.05. The van der Waals surface area contributed by atoms with Gasteiger partial charge in [0.05, 0.1) is 11.9 Å². The predicted molar refractivity (Wildman–Crippen MR) is 126 cm³/mol. The molecule has 2 N–H and O–H groups in total. The van der Waals surface area contributed by atoms with E-state index >= 15 is 0 Å². The molecule has 0 radical (unpaired) electrons. The fourth-order valence-corrected chi connectivity index (χ4v) is 3.69. The van der Waals surface area contributed by atoms with Crippen molar-refractivity contribution < 1.29 is 23.8 Å². The van der Waals surface area contributed by atoms with E-state index in [0.29, 0.717) is 11.5 Å². The number of aromatic carboxylic acids is 1. The number of carbonyl (C=O) groups excluding carboxylic acids is 1. The number of amides is 1. The summed E-state index contributed by atoms with van der Waals surface area (Å²) in [5, 5.41) is 15.6. The van der Waals surface area contributed by atoms with E-state index < -0.39 is 11.9 Å². The Morgan fingerprint density at radius 2 is 1.71 bits per heavy atom. The Labute approximate surface area is 196 Å². The Balaban J connectivity index is 1.38. The summed E-state index contributed by atoms with van der Waals surface area (Å²) >= 11 is 0.